The fourth-order valence-electron chi connectivity index (χ4n) is 1.98. The number of ether oxygens (including phenoxy) is 2. The predicted molar refractivity (Wildman–Crippen MR) is 77.3 cm³/mol. The molecular weight excluding hydrogens is 256 g/mol. The van der Waals surface area contributed by atoms with Crippen LogP contribution in [0.2, 0.25) is 0 Å². The Labute approximate surface area is 119 Å². The molecule has 0 spiro atoms. The molecule has 5 heteroatoms. The van der Waals surface area contributed by atoms with E-state index in [1.807, 2.05) is 39.8 Å². The van der Waals surface area contributed by atoms with E-state index in [0.29, 0.717) is 19.8 Å². The van der Waals surface area contributed by atoms with E-state index in [2.05, 4.69) is 10.6 Å². The van der Waals surface area contributed by atoms with Crippen LogP contribution in [0.1, 0.15) is 31.9 Å². The highest BCUT2D eigenvalue weighted by Crippen LogP contribution is 2.32. The Morgan fingerprint density at radius 2 is 1.80 bits per heavy atom. The van der Waals surface area contributed by atoms with Crippen LogP contribution in [-0.2, 0) is 6.54 Å². The van der Waals surface area contributed by atoms with Gasteiger partial charge in [0.1, 0.15) is 13.2 Å². The molecule has 1 heterocycles. The number of urea groups is 1. The number of benzene rings is 1. The number of fused-ring (bicyclic) bond motifs is 1. The Bertz CT molecular complexity index is 507. The Balaban J connectivity index is 2.01. The number of nitrogens with one attached hydrogen (secondary N) is 2. The second-order valence-corrected chi connectivity index (χ2v) is 5.98. The minimum atomic E-state index is -0.244. The van der Waals surface area contributed by atoms with Gasteiger partial charge in [-0.3, -0.25) is 0 Å². The first-order valence-electron chi connectivity index (χ1n) is 6.80. The number of aryl methyl sites for hydroxylation is 1. The molecule has 2 N–H and O–H groups in total. The highest BCUT2D eigenvalue weighted by atomic mass is 16.6. The third-order valence-corrected chi connectivity index (χ3v) is 2.93. The first-order chi connectivity index (χ1) is 9.35. The highest BCUT2D eigenvalue weighted by Gasteiger charge is 2.16. The van der Waals surface area contributed by atoms with Crippen LogP contribution in [0.4, 0.5) is 4.79 Å². The quantitative estimate of drug-likeness (QED) is 0.873. The second kappa shape index (κ2) is 5.61. The molecule has 0 unspecified atom stereocenters. The average molecular weight is 278 g/mol. The standard InChI is InChI=1S/C15H22N2O3/c1-10-7-12-13(20-6-5-19-12)8-11(10)9-16-14(18)17-15(2,3)4/h7-8H,5-6,9H2,1-4H3,(H2,16,17,18). The summed E-state index contributed by atoms with van der Waals surface area (Å²) >= 11 is 0. The lowest BCUT2D eigenvalue weighted by molar-refractivity contribution is 0.171. The van der Waals surface area contributed by atoms with Crippen molar-refractivity contribution in [1.82, 2.24) is 10.6 Å². The van der Waals surface area contributed by atoms with E-state index in [0.717, 1.165) is 22.6 Å². The molecule has 0 fully saturated rings. The van der Waals surface area contributed by atoms with Crippen LogP contribution in [0, 0.1) is 6.92 Å². The summed E-state index contributed by atoms with van der Waals surface area (Å²) in [7, 11) is 0. The molecule has 1 aliphatic rings. The normalized spacial score (nSPS) is 13.8. The van der Waals surface area contributed by atoms with E-state index in [1.165, 1.54) is 0 Å². The van der Waals surface area contributed by atoms with Crippen molar-refractivity contribution in [2.75, 3.05) is 13.2 Å². The summed E-state index contributed by atoms with van der Waals surface area (Å²) in [5.41, 5.74) is 1.86. The van der Waals surface area contributed by atoms with Crippen molar-refractivity contribution in [3.05, 3.63) is 23.3 Å². The minimum absolute atomic E-state index is 0.174. The first kappa shape index (κ1) is 14.5. The first-order valence-corrected chi connectivity index (χ1v) is 6.80. The van der Waals surface area contributed by atoms with Crippen LogP contribution in [0.15, 0.2) is 12.1 Å². The van der Waals surface area contributed by atoms with Gasteiger partial charge in [0, 0.05) is 12.1 Å². The Morgan fingerprint density at radius 1 is 1.20 bits per heavy atom. The molecule has 0 aliphatic carbocycles. The summed E-state index contributed by atoms with van der Waals surface area (Å²) in [5, 5.41) is 5.72. The van der Waals surface area contributed by atoms with Gasteiger partial charge in [-0.2, -0.15) is 0 Å². The summed E-state index contributed by atoms with van der Waals surface area (Å²) in [5.74, 6) is 1.52. The molecule has 0 radical (unpaired) electrons. The van der Waals surface area contributed by atoms with Crippen LogP contribution in [0.3, 0.4) is 0 Å². The highest BCUT2D eigenvalue weighted by molar-refractivity contribution is 5.74. The maximum Gasteiger partial charge on any atom is 0.315 e. The van der Waals surface area contributed by atoms with Crippen LogP contribution in [0.25, 0.3) is 0 Å². The van der Waals surface area contributed by atoms with Crippen molar-refractivity contribution < 1.29 is 14.3 Å². The molecule has 0 atom stereocenters. The SMILES string of the molecule is Cc1cc2c(cc1CNC(=O)NC(C)(C)C)OCCO2. The maximum absolute atomic E-state index is 11.8. The molecular formula is C15H22N2O3. The molecule has 1 aliphatic heterocycles. The van der Waals surface area contributed by atoms with E-state index in [9.17, 15) is 4.79 Å². The zero-order valence-corrected chi connectivity index (χ0v) is 12.5. The van der Waals surface area contributed by atoms with Gasteiger partial charge in [0.2, 0.25) is 0 Å². The van der Waals surface area contributed by atoms with Crippen molar-refractivity contribution in [2.45, 2.75) is 39.8 Å². The number of amides is 2. The molecule has 1 aromatic rings. The zero-order valence-electron chi connectivity index (χ0n) is 12.5. The summed E-state index contributed by atoms with van der Waals surface area (Å²) in [6, 6.07) is 3.71. The molecule has 20 heavy (non-hydrogen) atoms. The third kappa shape index (κ3) is 3.79. The number of carbonyl (C=O) groups excluding carboxylic acids is 1. The van der Waals surface area contributed by atoms with Crippen molar-refractivity contribution in [3.8, 4) is 11.5 Å². The number of hydrogen-bond donors (Lipinski definition) is 2. The Morgan fingerprint density at radius 3 is 2.40 bits per heavy atom. The van der Waals surface area contributed by atoms with Gasteiger partial charge in [0.05, 0.1) is 0 Å². The summed E-state index contributed by atoms with van der Waals surface area (Å²) < 4.78 is 11.1. The molecule has 2 amide bonds. The van der Waals surface area contributed by atoms with Gasteiger partial charge in [-0.15, -0.1) is 0 Å². The molecule has 0 saturated carbocycles. The van der Waals surface area contributed by atoms with E-state index >= 15 is 0 Å². The van der Waals surface area contributed by atoms with E-state index in [4.69, 9.17) is 9.47 Å². The molecule has 0 saturated heterocycles. The van der Waals surface area contributed by atoms with Gasteiger partial charge >= 0.3 is 6.03 Å². The van der Waals surface area contributed by atoms with E-state index in [-0.39, 0.29) is 11.6 Å². The number of hydrogen-bond acceptors (Lipinski definition) is 3. The zero-order chi connectivity index (χ0) is 14.8. The molecule has 1 aromatic carbocycles. The third-order valence-electron chi connectivity index (χ3n) is 2.93. The van der Waals surface area contributed by atoms with E-state index < -0.39 is 0 Å². The molecule has 110 valence electrons. The largest absolute Gasteiger partial charge is 0.486 e. The lowest BCUT2D eigenvalue weighted by Crippen LogP contribution is -2.46. The van der Waals surface area contributed by atoms with Crippen LogP contribution < -0.4 is 20.1 Å². The molecule has 5 nitrogen and oxygen atoms in total. The monoisotopic (exact) mass is 278 g/mol. The Hall–Kier alpha value is -1.91. The smallest absolute Gasteiger partial charge is 0.315 e. The molecule has 0 aromatic heterocycles. The maximum atomic E-state index is 11.8. The van der Waals surface area contributed by atoms with Gasteiger partial charge in [0.15, 0.2) is 11.5 Å². The summed E-state index contributed by atoms with van der Waals surface area (Å²) in [6.07, 6.45) is 0. The molecule has 0 bridgehead atoms. The number of rotatable bonds is 2. The summed E-state index contributed by atoms with van der Waals surface area (Å²) in [6.45, 7) is 9.44. The van der Waals surface area contributed by atoms with Gasteiger partial charge < -0.3 is 20.1 Å². The van der Waals surface area contributed by atoms with Crippen molar-refractivity contribution in [2.24, 2.45) is 0 Å². The molecule has 2 rings (SSSR count). The van der Waals surface area contributed by atoms with Crippen molar-refractivity contribution in [3.63, 3.8) is 0 Å². The second-order valence-electron chi connectivity index (χ2n) is 5.98. The van der Waals surface area contributed by atoms with Gasteiger partial charge in [0.25, 0.3) is 0 Å². The van der Waals surface area contributed by atoms with Crippen LogP contribution >= 0.6 is 0 Å². The van der Waals surface area contributed by atoms with Crippen molar-refractivity contribution >= 4 is 6.03 Å². The predicted octanol–water partition coefficient (Wildman–Crippen LogP) is 2.36. The Kier molecular flexibility index (Phi) is 4.06. The topological polar surface area (TPSA) is 59.6 Å². The van der Waals surface area contributed by atoms with Crippen LogP contribution in [-0.4, -0.2) is 24.8 Å². The van der Waals surface area contributed by atoms with Gasteiger partial charge in [-0.25, -0.2) is 4.79 Å². The number of carbonyl (C=O) groups is 1. The summed E-state index contributed by atoms with van der Waals surface area (Å²) in [4.78, 5) is 11.8. The fourth-order valence-corrected chi connectivity index (χ4v) is 1.98. The van der Waals surface area contributed by atoms with E-state index in [1.54, 1.807) is 0 Å². The average Bonchev–Trinajstić information content (AvgIpc) is 2.34. The minimum Gasteiger partial charge on any atom is -0.486 e. The van der Waals surface area contributed by atoms with Gasteiger partial charge in [-0.1, -0.05) is 0 Å². The lowest BCUT2D eigenvalue weighted by Gasteiger charge is -2.22. The fraction of sp³-hybridized carbons (Fsp3) is 0.533. The lowest BCUT2D eigenvalue weighted by atomic mass is 10.1. The van der Waals surface area contributed by atoms with Gasteiger partial charge in [-0.05, 0) is 51.0 Å². The van der Waals surface area contributed by atoms with Crippen molar-refractivity contribution in [1.29, 1.82) is 0 Å². The van der Waals surface area contributed by atoms with Crippen LogP contribution in [0.5, 0.6) is 11.5 Å².